The molecule has 2 rings (SSSR count). The van der Waals surface area contributed by atoms with Gasteiger partial charge in [0.25, 0.3) is 0 Å². The molecule has 2 aliphatic rings. The largest absolute Gasteiger partial charge is 0.393 e. The van der Waals surface area contributed by atoms with Crippen LogP contribution in [0.1, 0.15) is 53.9 Å². The van der Waals surface area contributed by atoms with Crippen LogP contribution in [0.15, 0.2) is 12.7 Å². The van der Waals surface area contributed by atoms with E-state index in [4.69, 9.17) is 0 Å². The third-order valence-electron chi connectivity index (χ3n) is 6.79. The second-order valence-electron chi connectivity index (χ2n) is 8.88. The van der Waals surface area contributed by atoms with Gasteiger partial charge in [-0.2, -0.15) is 0 Å². The van der Waals surface area contributed by atoms with E-state index in [2.05, 4.69) is 6.58 Å². The van der Waals surface area contributed by atoms with Crippen molar-refractivity contribution in [1.82, 2.24) is 0 Å². The summed E-state index contributed by atoms with van der Waals surface area (Å²) in [6, 6.07) is 0. The predicted molar refractivity (Wildman–Crippen MR) is 93.3 cm³/mol. The Morgan fingerprint density at radius 1 is 1.38 bits per heavy atom. The van der Waals surface area contributed by atoms with Crippen LogP contribution in [-0.4, -0.2) is 34.0 Å². The summed E-state index contributed by atoms with van der Waals surface area (Å²) < 4.78 is 0. The Balaban J connectivity index is 2.53. The minimum Gasteiger partial charge on any atom is -0.393 e. The van der Waals surface area contributed by atoms with Crippen molar-refractivity contribution in [2.45, 2.75) is 66.1 Å². The number of carbonyl (C=O) groups excluding carboxylic acids is 2. The first kappa shape index (κ1) is 19.3. The van der Waals surface area contributed by atoms with Crippen LogP contribution in [0.4, 0.5) is 0 Å². The number of aliphatic hydroxyl groups excluding tert-OH is 2. The summed E-state index contributed by atoms with van der Waals surface area (Å²) in [7, 11) is 0. The van der Waals surface area contributed by atoms with Crippen LogP contribution in [0.2, 0.25) is 0 Å². The first-order chi connectivity index (χ1) is 11.0. The van der Waals surface area contributed by atoms with Crippen molar-refractivity contribution >= 4 is 11.6 Å². The topological polar surface area (TPSA) is 74.6 Å². The van der Waals surface area contributed by atoms with Crippen LogP contribution in [0, 0.1) is 34.5 Å². The summed E-state index contributed by atoms with van der Waals surface area (Å²) in [6.07, 6.45) is 1.58. The lowest BCUT2D eigenvalue weighted by Gasteiger charge is -2.61. The molecule has 2 aliphatic carbocycles. The van der Waals surface area contributed by atoms with Crippen LogP contribution >= 0.6 is 0 Å². The Morgan fingerprint density at radius 3 is 2.50 bits per heavy atom. The van der Waals surface area contributed by atoms with Gasteiger partial charge in [-0.3, -0.25) is 9.59 Å². The Labute approximate surface area is 145 Å². The summed E-state index contributed by atoms with van der Waals surface area (Å²) in [5.41, 5.74) is -1.09. The number of fused-ring (bicyclic) bond motifs is 1. The number of hydrogen-bond donors (Lipinski definition) is 2. The van der Waals surface area contributed by atoms with Crippen molar-refractivity contribution in [2.24, 2.45) is 34.5 Å². The highest BCUT2D eigenvalue weighted by Crippen LogP contribution is 2.60. The van der Waals surface area contributed by atoms with Crippen LogP contribution in [0.3, 0.4) is 0 Å². The maximum atomic E-state index is 13.1. The zero-order valence-electron chi connectivity index (χ0n) is 15.6. The van der Waals surface area contributed by atoms with Crippen LogP contribution in [-0.2, 0) is 9.59 Å². The van der Waals surface area contributed by atoms with Gasteiger partial charge in [0.05, 0.1) is 6.10 Å². The molecular formula is C20H32O4. The van der Waals surface area contributed by atoms with Gasteiger partial charge in [0, 0.05) is 29.6 Å². The molecule has 0 aliphatic heterocycles. The summed E-state index contributed by atoms with van der Waals surface area (Å²) in [4.78, 5) is 25.7. The molecular weight excluding hydrogens is 304 g/mol. The van der Waals surface area contributed by atoms with E-state index >= 15 is 0 Å². The Kier molecular flexibility index (Phi) is 5.14. The van der Waals surface area contributed by atoms with E-state index in [0.717, 1.165) is 6.42 Å². The van der Waals surface area contributed by atoms with E-state index in [9.17, 15) is 19.8 Å². The number of Topliss-reactive ketones (excluding diaryl/α,β-unsaturated/α-hetero) is 2. The number of carbonyl (C=O) groups is 2. The second kappa shape index (κ2) is 6.38. The Morgan fingerprint density at radius 2 is 1.96 bits per heavy atom. The summed E-state index contributed by atoms with van der Waals surface area (Å²) >= 11 is 0. The van der Waals surface area contributed by atoms with Crippen molar-refractivity contribution in [3.63, 3.8) is 0 Å². The maximum Gasteiger partial charge on any atom is 0.165 e. The molecule has 0 spiro atoms. The first-order valence-corrected chi connectivity index (χ1v) is 9.03. The van der Waals surface area contributed by atoms with E-state index < -0.39 is 35.4 Å². The maximum absolute atomic E-state index is 13.1. The molecule has 0 aromatic rings. The van der Waals surface area contributed by atoms with E-state index in [0.29, 0.717) is 12.8 Å². The van der Waals surface area contributed by atoms with Gasteiger partial charge < -0.3 is 10.2 Å². The third-order valence-corrected chi connectivity index (χ3v) is 6.79. The van der Waals surface area contributed by atoms with E-state index in [1.807, 2.05) is 27.7 Å². The minimum atomic E-state index is -1.11. The molecule has 136 valence electrons. The number of hydrogen-bond acceptors (Lipinski definition) is 4. The molecule has 0 saturated heterocycles. The van der Waals surface area contributed by atoms with Crippen molar-refractivity contribution in [3.8, 4) is 0 Å². The fourth-order valence-electron chi connectivity index (χ4n) is 5.48. The van der Waals surface area contributed by atoms with Gasteiger partial charge in [-0.15, -0.1) is 6.58 Å². The minimum absolute atomic E-state index is 0.000556. The zero-order chi connectivity index (χ0) is 18.4. The molecule has 2 fully saturated rings. The van der Waals surface area contributed by atoms with Crippen LogP contribution < -0.4 is 0 Å². The Bertz CT molecular complexity index is 538. The quantitative estimate of drug-likeness (QED) is 0.774. The van der Waals surface area contributed by atoms with Gasteiger partial charge in [0.1, 0.15) is 11.9 Å². The zero-order valence-corrected chi connectivity index (χ0v) is 15.6. The number of aliphatic hydroxyl groups is 2. The molecule has 0 heterocycles. The van der Waals surface area contributed by atoms with Crippen molar-refractivity contribution in [2.75, 3.05) is 0 Å². The predicted octanol–water partition coefficient (Wildman–Crippen LogP) is 2.77. The number of allylic oxidation sites excluding steroid dienone is 1. The molecule has 0 aromatic heterocycles. The molecule has 0 bridgehead atoms. The highest BCUT2D eigenvalue weighted by molar-refractivity contribution is 5.94. The number of rotatable bonds is 4. The van der Waals surface area contributed by atoms with E-state index in [1.54, 1.807) is 13.0 Å². The van der Waals surface area contributed by atoms with Crippen LogP contribution in [0.25, 0.3) is 0 Å². The molecule has 2 saturated carbocycles. The van der Waals surface area contributed by atoms with Gasteiger partial charge in [0.15, 0.2) is 5.78 Å². The SMILES string of the molecule is C=C[C@@H](C)CC(=O)[C@H]1[C@@H](C)C(=O)C(O)[C@H]2C(C)(C)CC[C@@H](O)[C@]12C. The summed E-state index contributed by atoms with van der Waals surface area (Å²) in [5, 5.41) is 21.5. The average Bonchev–Trinajstić information content (AvgIpc) is 2.49. The molecule has 0 radical (unpaired) electrons. The van der Waals surface area contributed by atoms with E-state index in [1.165, 1.54) is 0 Å². The third kappa shape index (κ3) is 2.78. The van der Waals surface area contributed by atoms with Gasteiger partial charge in [0.2, 0.25) is 0 Å². The Hall–Kier alpha value is -1.00. The average molecular weight is 336 g/mol. The summed E-state index contributed by atoms with van der Waals surface area (Å²) in [6.45, 7) is 13.3. The van der Waals surface area contributed by atoms with Gasteiger partial charge in [-0.05, 0) is 24.2 Å². The molecule has 7 atom stereocenters. The number of ketones is 2. The lowest BCUT2D eigenvalue weighted by Crippen LogP contribution is -2.67. The molecule has 0 aromatic carbocycles. The molecule has 1 unspecified atom stereocenters. The normalized spacial score (nSPS) is 43.0. The fraction of sp³-hybridized carbons (Fsp3) is 0.800. The second-order valence-corrected chi connectivity index (χ2v) is 8.88. The standard InChI is InChI=1S/C20H32O4/c1-7-11(2)10-13(21)15-12(3)16(23)17(24)18-19(4,5)9-8-14(22)20(15,18)6/h7,11-12,14-15,17-18,22,24H,1,8-10H2,2-6H3/t11-,12-,14-,15-,17?,18+,20-/m1/s1. The van der Waals surface area contributed by atoms with Crippen molar-refractivity contribution < 1.29 is 19.8 Å². The van der Waals surface area contributed by atoms with Crippen molar-refractivity contribution in [1.29, 1.82) is 0 Å². The highest BCUT2D eigenvalue weighted by Gasteiger charge is 2.65. The summed E-state index contributed by atoms with van der Waals surface area (Å²) in [5.74, 6) is -1.78. The van der Waals surface area contributed by atoms with Gasteiger partial charge in [-0.25, -0.2) is 0 Å². The van der Waals surface area contributed by atoms with Gasteiger partial charge >= 0.3 is 0 Å². The van der Waals surface area contributed by atoms with Crippen LogP contribution in [0.5, 0.6) is 0 Å². The lowest BCUT2D eigenvalue weighted by atomic mass is 9.43. The molecule has 2 N–H and O–H groups in total. The molecule has 4 nitrogen and oxygen atoms in total. The lowest BCUT2D eigenvalue weighted by molar-refractivity contribution is -0.205. The first-order valence-electron chi connectivity index (χ1n) is 9.03. The molecule has 24 heavy (non-hydrogen) atoms. The van der Waals surface area contributed by atoms with Gasteiger partial charge in [-0.1, -0.05) is 40.7 Å². The monoisotopic (exact) mass is 336 g/mol. The van der Waals surface area contributed by atoms with Crippen molar-refractivity contribution in [3.05, 3.63) is 12.7 Å². The fourth-order valence-corrected chi connectivity index (χ4v) is 5.48. The smallest absolute Gasteiger partial charge is 0.165 e. The molecule has 4 heteroatoms. The highest BCUT2D eigenvalue weighted by atomic mass is 16.3. The van der Waals surface area contributed by atoms with E-state index in [-0.39, 0.29) is 22.9 Å². The molecule has 0 amide bonds.